The third kappa shape index (κ3) is 3.72. The molecule has 12 heavy (non-hydrogen) atoms. The molecule has 1 rings (SSSR count). The summed E-state index contributed by atoms with van der Waals surface area (Å²) in [4.78, 5) is 2.06. The van der Waals surface area contributed by atoms with Gasteiger partial charge in [0.15, 0.2) is 0 Å². The summed E-state index contributed by atoms with van der Waals surface area (Å²) in [5, 5.41) is 8.80. The minimum absolute atomic E-state index is 0. The molecular weight excluding hydrogens is 178 g/mol. The molecule has 0 amide bonds. The van der Waals surface area contributed by atoms with Gasteiger partial charge in [-0.1, -0.05) is 0 Å². The molecule has 0 unspecified atom stereocenters. The first-order valence-corrected chi connectivity index (χ1v) is 4.19. The third-order valence-corrected chi connectivity index (χ3v) is 2.31. The second kappa shape index (κ2) is 6.66. The summed E-state index contributed by atoms with van der Waals surface area (Å²) >= 11 is 0. The van der Waals surface area contributed by atoms with Crippen LogP contribution in [0.25, 0.3) is 0 Å². The van der Waals surface area contributed by atoms with Crippen molar-refractivity contribution in [2.45, 2.75) is 12.8 Å². The summed E-state index contributed by atoms with van der Waals surface area (Å²) in [5.74, 6) is 0.711. The van der Waals surface area contributed by atoms with E-state index in [1.165, 1.54) is 0 Å². The number of hydrogen-bond acceptors (Lipinski definition) is 3. The predicted molar refractivity (Wildman–Crippen MR) is 50.5 cm³/mol. The molecule has 0 spiro atoms. The van der Waals surface area contributed by atoms with Gasteiger partial charge in [0.1, 0.15) is 0 Å². The Labute approximate surface area is 80.1 Å². The van der Waals surface area contributed by atoms with E-state index in [0.717, 1.165) is 32.5 Å². The number of nitrogens with zero attached hydrogens (tertiary/aromatic N) is 1. The van der Waals surface area contributed by atoms with Crippen LogP contribution in [0.5, 0.6) is 0 Å². The Morgan fingerprint density at radius 3 is 2.42 bits per heavy atom. The topological polar surface area (TPSA) is 32.7 Å². The SMILES string of the molecule is COCC1CCN(CO)CC1.Cl. The Balaban J connectivity index is 0.00000121. The molecule has 0 saturated carbocycles. The maximum absolute atomic E-state index is 8.80. The van der Waals surface area contributed by atoms with Gasteiger partial charge in [0.2, 0.25) is 0 Å². The lowest BCUT2D eigenvalue weighted by molar-refractivity contribution is 0.0498. The van der Waals surface area contributed by atoms with Gasteiger partial charge in [-0.05, 0) is 18.8 Å². The summed E-state index contributed by atoms with van der Waals surface area (Å²) in [6.45, 7) is 3.12. The Morgan fingerprint density at radius 2 is 2.00 bits per heavy atom. The van der Waals surface area contributed by atoms with E-state index in [0.29, 0.717) is 5.92 Å². The second-order valence-corrected chi connectivity index (χ2v) is 3.16. The third-order valence-electron chi connectivity index (χ3n) is 2.31. The van der Waals surface area contributed by atoms with Crippen LogP contribution in [0, 0.1) is 5.92 Å². The normalized spacial score (nSPS) is 20.5. The van der Waals surface area contributed by atoms with Crippen LogP contribution in [-0.2, 0) is 4.74 Å². The van der Waals surface area contributed by atoms with Gasteiger partial charge < -0.3 is 9.84 Å². The van der Waals surface area contributed by atoms with Crippen LogP contribution in [0.4, 0.5) is 0 Å². The molecular formula is C8H18ClNO2. The van der Waals surface area contributed by atoms with Crippen molar-refractivity contribution in [3.63, 3.8) is 0 Å². The maximum atomic E-state index is 8.80. The monoisotopic (exact) mass is 195 g/mol. The zero-order valence-electron chi connectivity index (χ0n) is 7.53. The molecule has 74 valence electrons. The lowest BCUT2D eigenvalue weighted by Gasteiger charge is -2.29. The lowest BCUT2D eigenvalue weighted by Crippen LogP contribution is -2.35. The van der Waals surface area contributed by atoms with Crippen molar-refractivity contribution in [2.24, 2.45) is 5.92 Å². The molecule has 0 aromatic rings. The number of aliphatic hydroxyl groups excluding tert-OH is 1. The molecule has 0 radical (unpaired) electrons. The van der Waals surface area contributed by atoms with Gasteiger partial charge >= 0.3 is 0 Å². The second-order valence-electron chi connectivity index (χ2n) is 3.16. The first kappa shape index (κ1) is 12.2. The highest BCUT2D eigenvalue weighted by molar-refractivity contribution is 5.85. The van der Waals surface area contributed by atoms with Gasteiger partial charge in [-0.15, -0.1) is 12.4 Å². The van der Waals surface area contributed by atoms with Crippen LogP contribution in [-0.4, -0.2) is 43.5 Å². The molecule has 1 fully saturated rings. The Morgan fingerprint density at radius 1 is 1.42 bits per heavy atom. The highest BCUT2D eigenvalue weighted by atomic mass is 35.5. The fourth-order valence-electron chi connectivity index (χ4n) is 1.53. The van der Waals surface area contributed by atoms with E-state index in [1.54, 1.807) is 7.11 Å². The van der Waals surface area contributed by atoms with Gasteiger partial charge in [0.05, 0.1) is 6.73 Å². The quantitative estimate of drug-likeness (QED) is 0.721. The van der Waals surface area contributed by atoms with Gasteiger partial charge in [-0.25, -0.2) is 0 Å². The first-order chi connectivity index (χ1) is 5.36. The fourth-order valence-corrected chi connectivity index (χ4v) is 1.53. The Bertz CT molecular complexity index is 105. The van der Waals surface area contributed by atoms with E-state index in [1.807, 2.05) is 0 Å². The van der Waals surface area contributed by atoms with Gasteiger partial charge in [0.25, 0.3) is 0 Å². The summed E-state index contributed by atoms with van der Waals surface area (Å²) in [6, 6.07) is 0. The number of piperidine rings is 1. The number of likely N-dealkylation sites (tertiary alicyclic amines) is 1. The first-order valence-electron chi connectivity index (χ1n) is 4.19. The lowest BCUT2D eigenvalue weighted by atomic mass is 9.98. The standard InChI is InChI=1S/C8H17NO2.ClH/c1-11-6-8-2-4-9(7-10)5-3-8;/h8,10H,2-7H2,1H3;1H. The van der Waals surface area contributed by atoms with Gasteiger partial charge in [-0.3, -0.25) is 4.90 Å². The van der Waals surface area contributed by atoms with E-state index in [2.05, 4.69) is 4.90 Å². The molecule has 1 aliphatic heterocycles. The average molecular weight is 196 g/mol. The molecule has 0 bridgehead atoms. The summed E-state index contributed by atoms with van der Waals surface area (Å²) in [5.41, 5.74) is 0. The van der Waals surface area contributed by atoms with Crippen LogP contribution in [0.1, 0.15) is 12.8 Å². The number of aliphatic hydroxyl groups is 1. The molecule has 0 aromatic carbocycles. The molecule has 1 N–H and O–H groups in total. The summed E-state index contributed by atoms with van der Waals surface area (Å²) in [6.07, 6.45) is 2.32. The number of methoxy groups -OCH3 is 1. The molecule has 1 aliphatic rings. The minimum atomic E-state index is 0. The van der Waals surface area contributed by atoms with Crippen LogP contribution < -0.4 is 0 Å². The molecule has 4 heteroatoms. The van der Waals surface area contributed by atoms with Crippen LogP contribution in [0.15, 0.2) is 0 Å². The molecule has 3 nitrogen and oxygen atoms in total. The van der Waals surface area contributed by atoms with E-state index >= 15 is 0 Å². The van der Waals surface area contributed by atoms with E-state index in [-0.39, 0.29) is 19.1 Å². The van der Waals surface area contributed by atoms with Crippen molar-refractivity contribution in [3.05, 3.63) is 0 Å². The zero-order chi connectivity index (χ0) is 8.10. The van der Waals surface area contributed by atoms with E-state index in [9.17, 15) is 0 Å². The highest BCUT2D eigenvalue weighted by Gasteiger charge is 2.17. The number of rotatable bonds is 3. The molecule has 0 aliphatic carbocycles. The average Bonchev–Trinajstić information content (AvgIpc) is 2.07. The Kier molecular flexibility index (Phi) is 6.76. The number of halogens is 1. The van der Waals surface area contributed by atoms with Crippen molar-refractivity contribution in [1.82, 2.24) is 4.90 Å². The van der Waals surface area contributed by atoms with Gasteiger partial charge in [-0.2, -0.15) is 0 Å². The zero-order valence-corrected chi connectivity index (χ0v) is 8.35. The van der Waals surface area contributed by atoms with E-state index < -0.39 is 0 Å². The van der Waals surface area contributed by atoms with Crippen molar-refractivity contribution in [3.8, 4) is 0 Å². The van der Waals surface area contributed by atoms with Crippen LogP contribution >= 0.6 is 12.4 Å². The van der Waals surface area contributed by atoms with Gasteiger partial charge in [0, 0.05) is 26.8 Å². The fraction of sp³-hybridized carbons (Fsp3) is 1.00. The number of ether oxygens (including phenoxy) is 1. The summed E-state index contributed by atoms with van der Waals surface area (Å²) < 4.78 is 5.07. The van der Waals surface area contributed by atoms with Crippen molar-refractivity contribution in [2.75, 3.05) is 33.5 Å². The predicted octanol–water partition coefficient (Wildman–Crippen LogP) is 0.716. The Hall–Kier alpha value is 0.170. The smallest absolute Gasteiger partial charge is 0.0956 e. The van der Waals surface area contributed by atoms with Crippen molar-refractivity contribution >= 4 is 12.4 Å². The van der Waals surface area contributed by atoms with E-state index in [4.69, 9.17) is 9.84 Å². The van der Waals surface area contributed by atoms with Crippen molar-refractivity contribution < 1.29 is 9.84 Å². The van der Waals surface area contributed by atoms with Crippen LogP contribution in [0.2, 0.25) is 0 Å². The largest absolute Gasteiger partial charge is 0.384 e. The number of hydrogen-bond donors (Lipinski definition) is 1. The highest BCUT2D eigenvalue weighted by Crippen LogP contribution is 2.16. The maximum Gasteiger partial charge on any atom is 0.0956 e. The summed E-state index contributed by atoms with van der Waals surface area (Å²) in [7, 11) is 1.75. The molecule has 1 saturated heterocycles. The van der Waals surface area contributed by atoms with Crippen LogP contribution in [0.3, 0.4) is 0 Å². The minimum Gasteiger partial charge on any atom is -0.384 e. The molecule has 0 aromatic heterocycles. The molecule has 0 atom stereocenters. The molecule has 1 heterocycles. The van der Waals surface area contributed by atoms with Crippen molar-refractivity contribution in [1.29, 1.82) is 0 Å².